The normalized spacial score (nSPS) is 24.0. The van der Waals surface area contributed by atoms with Crippen molar-refractivity contribution in [2.45, 2.75) is 71.3 Å². The van der Waals surface area contributed by atoms with E-state index in [0.717, 1.165) is 30.6 Å². The SMILES string of the molecule is CCC1CCCC(c2noc(CCNC(C)C)n2)C1. The molecule has 0 radical (unpaired) electrons. The van der Waals surface area contributed by atoms with Crippen LogP contribution in [0.2, 0.25) is 0 Å². The van der Waals surface area contributed by atoms with Crippen molar-refractivity contribution in [3.05, 3.63) is 11.7 Å². The van der Waals surface area contributed by atoms with Crippen LogP contribution >= 0.6 is 0 Å². The Labute approximate surface area is 116 Å². The van der Waals surface area contributed by atoms with Crippen molar-refractivity contribution >= 4 is 0 Å². The maximum atomic E-state index is 5.37. The molecule has 0 aromatic carbocycles. The molecule has 1 aromatic heterocycles. The molecule has 2 unspecified atom stereocenters. The molecule has 108 valence electrons. The zero-order chi connectivity index (χ0) is 13.7. The van der Waals surface area contributed by atoms with Crippen molar-refractivity contribution in [1.82, 2.24) is 15.5 Å². The van der Waals surface area contributed by atoms with E-state index in [1.54, 1.807) is 0 Å². The minimum Gasteiger partial charge on any atom is -0.339 e. The molecule has 0 spiro atoms. The fourth-order valence-corrected chi connectivity index (χ4v) is 2.90. The van der Waals surface area contributed by atoms with E-state index in [4.69, 9.17) is 4.52 Å². The lowest BCUT2D eigenvalue weighted by atomic mass is 9.80. The lowest BCUT2D eigenvalue weighted by Gasteiger charge is -2.26. The molecule has 1 saturated carbocycles. The van der Waals surface area contributed by atoms with Gasteiger partial charge < -0.3 is 9.84 Å². The Hall–Kier alpha value is -0.900. The highest BCUT2D eigenvalue weighted by molar-refractivity contribution is 4.98. The third-order valence-electron chi connectivity index (χ3n) is 4.10. The summed E-state index contributed by atoms with van der Waals surface area (Å²) in [7, 11) is 0. The Morgan fingerprint density at radius 2 is 2.21 bits per heavy atom. The van der Waals surface area contributed by atoms with E-state index in [9.17, 15) is 0 Å². The van der Waals surface area contributed by atoms with Crippen molar-refractivity contribution in [2.24, 2.45) is 5.92 Å². The van der Waals surface area contributed by atoms with Crippen LogP contribution in [0.3, 0.4) is 0 Å². The summed E-state index contributed by atoms with van der Waals surface area (Å²) < 4.78 is 5.37. The monoisotopic (exact) mass is 265 g/mol. The summed E-state index contributed by atoms with van der Waals surface area (Å²) >= 11 is 0. The molecule has 1 aliphatic carbocycles. The Bertz CT molecular complexity index is 375. The van der Waals surface area contributed by atoms with Crippen LogP contribution in [-0.2, 0) is 6.42 Å². The van der Waals surface area contributed by atoms with E-state index in [-0.39, 0.29) is 0 Å². The van der Waals surface area contributed by atoms with Gasteiger partial charge in [0.1, 0.15) is 0 Å². The average Bonchev–Trinajstić information content (AvgIpc) is 2.87. The minimum absolute atomic E-state index is 0.506. The molecule has 2 rings (SSSR count). The van der Waals surface area contributed by atoms with Gasteiger partial charge in [0.05, 0.1) is 0 Å². The van der Waals surface area contributed by atoms with Crippen molar-refractivity contribution in [1.29, 1.82) is 0 Å². The minimum atomic E-state index is 0.506. The molecule has 0 bridgehead atoms. The molecule has 0 aliphatic heterocycles. The number of nitrogens with zero attached hydrogens (tertiary/aromatic N) is 2. The summed E-state index contributed by atoms with van der Waals surface area (Å²) in [5.41, 5.74) is 0. The van der Waals surface area contributed by atoms with Crippen LogP contribution in [0.15, 0.2) is 4.52 Å². The van der Waals surface area contributed by atoms with E-state index in [2.05, 4.69) is 36.2 Å². The van der Waals surface area contributed by atoms with Gasteiger partial charge in [-0.15, -0.1) is 0 Å². The third-order valence-corrected chi connectivity index (χ3v) is 4.10. The highest BCUT2D eigenvalue weighted by atomic mass is 16.5. The second kappa shape index (κ2) is 7.04. The molecule has 19 heavy (non-hydrogen) atoms. The Kier molecular flexibility index (Phi) is 5.37. The molecule has 1 heterocycles. The quantitative estimate of drug-likeness (QED) is 0.857. The summed E-state index contributed by atoms with van der Waals surface area (Å²) in [4.78, 5) is 4.58. The average molecular weight is 265 g/mol. The van der Waals surface area contributed by atoms with Crippen LogP contribution in [0.1, 0.15) is 70.5 Å². The molecule has 0 amide bonds. The van der Waals surface area contributed by atoms with E-state index in [1.807, 2.05) is 0 Å². The summed E-state index contributed by atoms with van der Waals surface area (Å²) in [5, 5.41) is 7.56. The van der Waals surface area contributed by atoms with Crippen molar-refractivity contribution < 1.29 is 4.52 Å². The largest absolute Gasteiger partial charge is 0.339 e. The fourth-order valence-electron chi connectivity index (χ4n) is 2.90. The van der Waals surface area contributed by atoms with Crippen molar-refractivity contribution in [2.75, 3.05) is 6.54 Å². The van der Waals surface area contributed by atoms with E-state index >= 15 is 0 Å². The number of aromatic nitrogens is 2. The molecule has 4 nitrogen and oxygen atoms in total. The molecule has 0 saturated heterocycles. The highest BCUT2D eigenvalue weighted by Crippen LogP contribution is 2.36. The van der Waals surface area contributed by atoms with E-state index in [1.165, 1.54) is 32.1 Å². The number of nitrogens with one attached hydrogen (secondary N) is 1. The van der Waals surface area contributed by atoms with Crippen LogP contribution in [0.5, 0.6) is 0 Å². The zero-order valence-electron chi connectivity index (χ0n) is 12.5. The number of hydrogen-bond acceptors (Lipinski definition) is 4. The first-order valence-corrected chi connectivity index (χ1v) is 7.75. The van der Waals surface area contributed by atoms with Gasteiger partial charge in [-0.1, -0.05) is 45.2 Å². The van der Waals surface area contributed by atoms with Gasteiger partial charge in [-0.25, -0.2) is 0 Å². The first-order chi connectivity index (χ1) is 9.19. The Balaban J connectivity index is 1.85. The zero-order valence-corrected chi connectivity index (χ0v) is 12.5. The first-order valence-electron chi connectivity index (χ1n) is 7.75. The second-order valence-electron chi connectivity index (χ2n) is 6.04. The summed E-state index contributed by atoms with van der Waals surface area (Å²) in [6.07, 6.45) is 7.24. The maximum absolute atomic E-state index is 5.37. The predicted octanol–water partition coefficient (Wildman–Crippen LogP) is 3.29. The van der Waals surface area contributed by atoms with Crippen molar-refractivity contribution in [3.63, 3.8) is 0 Å². The summed E-state index contributed by atoms with van der Waals surface area (Å²) in [5.74, 6) is 3.09. The van der Waals surface area contributed by atoms with Gasteiger partial charge in [0, 0.05) is 24.9 Å². The maximum Gasteiger partial charge on any atom is 0.227 e. The molecule has 1 aliphatic rings. The fraction of sp³-hybridized carbons (Fsp3) is 0.867. The van der Waals surface area contributed by atoms with Crippen LogP contribution < -0.4 is 5.32 Å². The van der Waals surface area contributed by atoms with Gasteiger partial charge >= 0.3 is 0 Å². The molecular weight excluding hydrogens is 238 g/mol. The summed E-state index contributed by atoms with van der Waals surface area (Å²) in [6, 6.07) is 0.506. The van der Waals surface area contributed by atoms with Gasteiger partial charge in [-0.3, -0.25) is 0 Å². The number of rotatable bonds is 6. The van der Waals surface area contributed by atoms with Crippen molar-refractivity contribution in [3.8, 4) is 0 Å². The van der Waals surface area contributed by atoms with Gasteiger partial charge in [0.15, 0.2) is 5.82 Å². The number of hydrogen-bond donors (Lipinski definition) is 1. The topological polar surface area (TPSA) is 51.0 Å². The van der Waals surface area contributed by atoms with Gasteiger partial charge in [0.25, 0.3) is 0 Å². The lowest BCUT2D eigenvalue weighted by Crippen LogP contribution is -2.25. The first kappa shape index (κ1) is 14.5. The predicted molar refractivity (Wildman–Crippen MR) is 76.1 cm³/mol. The van der Waals surface area contributed by atoms with Gasteiger partial charge in [0.2, 0.25) is 5.89 Å². The van der Waals surface area contributed by atoms with Crippen LogP contribution in [0.4, 0.5) is 0 Å². The highest BCUT2D eigenvalue weighted by Gasteiger charge is 2.25. The van der Waals surface area contributed by atoms with E-state index < -0.39 is 0 Å². The molecule has 1 N–H and O–H groups in total. The molecule has 2 atom stereocenters. The smallest absolute Gasteiger partial charge is 0.227 e. The third kappa shape index (κ3) is 4.30. The Morgan fingerprint density at radius 3 is 2.95 bits per heavy atom. The van der Waals surface area contributed by atoms with Gasteiger partial charge in [-0.05, 0) is 18.8 Å². The lowest BCUT2D eigenvalue weighted by molar-refractivity contribution is 0.298. The second-order valence-corrected chi connectivity index (χ2v) is 6.04. The molecule has 1 fully saturated rings. The molecular formula is C15H27N3O. The standard InChI is InChI=1S/C15H27N3O/c1-4-12-6-5-7-13(10-12)15-17-14(19-18-15)8-9-16-11(2)3/h11-13,16H,4-10H2,1-3H3. The van der Waals surface area contributed by atoms with Crippen LogP contribution in [-0.4, -0.2) is 22.7 Å². The van der Waals surface area contributed by atoms with Crippen LogP contribution in [0.25, 0.3) is 0 Å². The molecule has 4 heteroatoms. The summed E-state index contributed by atoms with van der Waals surface area (Å²) in [6.45, 7) is 7.48. The Morgan fingerprint density at radius 1 is 1.37 bits per heavy atom. The van der Waals surface area contributed by atoms with Crippen LogP contribution in [0, 0.1) is 5.92 Å². The van der Waals surface area contributed by atoms with Gasteiger partial charge in [-0.2, -0.15) is 4.98 Å². The van der Waals surface area contributed by atoms with E-state index in [0.29, 0.717) is 12.0 Å². The molecule has 1 aromatic rings.